The summed E-state index contributed by atoms with van der Waals surface area (Å²) in [6.07, 6.45) is 4.06. The standard InChI is InChI=1S/C31H32N4O7S/c1-43(39,40)35-31(38)21-7-10-25-28(16-21)33-14-12-30(25)42-24-8-5-20(6-9-24)15-22(18-36)34-17-23(37)19-41-29-4-2-3-27-26(29)11-13-32-27/h2-14,16,22-23,32,34,36-37H,15,17-19H2,1H3,(H,35,38)/t22-,23-/m0/s1. The van der Waals surface area contributed by atoms with Crippen LogP contribution < -0.4 is 19.5 Å². The minimum absolute atomic E-state index is 0.109. The van der Waals surface area contributed by atoms with E-state index in [9.17, 15) is 23.4 Å². The van der Waals surface area contributed by atoms with E-state index in [1.165, 1.54) is 12.1 Å². The fourth-order valence-electron chi connectivity index (χ4n) is 4.62. The highest BCUT2D eigenvalue weighted by Crippen LogP contribution is 2.30. The minimum Gasteiger partial charge on any atom is -0.490 e. The number of aliphatic hydroxyl groups is 2. The van der Waals surface area contributed by atoms with Gasteiger partial charge < -0.3 is 30.0 Å². The third kappa shape index (κ3) is 7.87. The van der Waals surface area contributed by atoms with E-state index in [1.54, 1.807) is 18.3 Å². The molecule has 2 atom stereocenters. The van der Waals surface area contributed by atoms with Gasteiger partial charge in [-0.25, -0.2) is 13.1 Å². The van der Waals surface area contributed by atoms with Gasteiger partial charge in [0.05, 0.1) is 18.4 Å². The maximum atomic E-state index is 12.2. The predicted octanol–water partition coefficient (Wildman–Crippen LogP) is 3.13. The second kappa shape index (κ2) is 13.2. The summed E-state index contributed by atoms with van der Waals surface area (Å²) in [7, 11) is -3.69. The quantitative estimate of drug-likeness (QED) is 0.136. The number of ether oxygens (including phenoxy) is 2. The summed E-state index contributed by atoms with van der Waals surface area (Å²) in [6, 6.07) is 21.1. The van der Waals surface area contributed by atoms with Crippen LogP contribution in [-0.2, 0) is 16.4 Å². The monoisotopic (exact) mass is 604 g/mol. The fraction of sp³-hybridized carbons (Fsp3) is 0.226. The van der Waals surface area contributed by atoms with Crippen molar-refractivity contribution in [3.63, 3.8) is 0 Å². The smallest absolute Gasteiger partial charge is 0.264 e. The van der Waals surface area contributed by atoms with Gasteiger partial charge in [0.15, 0.2) is 0 Å². The van der Waals surface area contributed by atoms with E-state index in [0.717, 1.165) is 22.7 Å². The Balaban J connectivity index is 1.15. The number of fused-ring (bicyclic) bond motifs is 2. The Morgan fingerprint density at radius 2 is 1.84 bits per heavy atom. The zero-order valence-electron chi connectivity index (χ0n) is 23.4. The summed E-state index contributed by atoms with van der Waals surface area (Å²) in [5, 5.41) is 25.1. The van der Waals surface area contributed by atoms with Crippen molar-refractivity contribution in [3.05, 3.63) is 96.3 Å². The number of carbonyl (C=O) groups is 1. The third-order valence-electron chi connectivity index (χ3n) is 6.72. The zero-order valence-corrected chi connectivity index (χ0v) is 24.2. The Hall–Kier alpha value is -4.49. The molecule has 0 fully saturated rings. The number of sulfonamides is 1. The summed E-state index contributed by atoms with van der Waals surface area (Å²) >= 11 is 0. The van der Waals surface area contributed by atoms with E-state index in [4.69, 9.17) is 9.47 Å². The topological polar surface area (TPSA) is 163 Å². The average Bonchev–Trinajstić information content (AvgIpc) is 3.48. The second-order valence-corrected chi connectivity index (χ2v) is 11.9. The van der Waals surface area contributed by atoms with Gasteiger partial charge in [-0.1, -0.05) is 18.2 Å². The molecule has 0 bridgehead atoms. The van der Waals surface area contributed by atoms with Crippen molar-refractivity contribution in [2.45, 2.75) is 18.6 Å². The molecule has 5 N–H and O–H groups in total. The molecule has 0 spiro atoms. The fourth-order valence-corrected chi connectivity index (χ4v) is 5.07. The number of amides is 1. The number of aliphatic hydroxyl groups excluding tert-OH is 2. The number of pyridine rings is 1. The van der Waals surface area contributed by atoms with Gasteiger partial charge in [-0.15, -0.1) is 0 Å². The summed E-state index contributed by atoms with van der Waals surface area (Å²) in [4.78, 5) is 19.6. The van der Waals surface area contributed by atoms with Gasteiger partial charge >= 0.3 is 0 Å². The molecule has 5 rings (SSSR count). The van der Waals surface area contributed by atoms with Crippen molar-refractivity contribution >= 4 is 37.7 Å². The van der Waals surface area contributed by atoms with E-state index in [1.807, 2.05) is 59.4 Å². The lowest BCUT2D eigenvalue weighted by Crippen LogP contribution is -2.41. The summed E-state index contributed by atoms with van der Waals surface area (Å²) in [5.74, 6) is 1.05. The maximum absolute atomic E-state index is 12.2. The van der Waals surface area contributed by atoms with Crippen molar-refractivity contribution in [3.8, 4) is 17.2 Å². The van der Waals surface area contributed by atoms with Crippen molar-refractivity contribution in [1.82, 2.24) is 20.0 Å². The molecule has 0 saturated carbocycles. The lowest BCUT2D eigenvalue weighted by Gasteiger charge is -2.20. The Morgan fingerprint density at radius 3 is 2.60 bits per heavy atom. The maximum Gasteiger partial charge on any atom is 0.264 e. The average molecular weight is 605 g/mol. The molecule has 224 valence electrons. The molecule has 0 aliphatic carbocycles. The van der Waals surface area contributed by atoms with E-state index in [2.05, 4.69) is 15.3 Å². The Kier molecular flexibility index (Phi) is 9.22. The first-order valence-corrected chi connectivity index (χ1v) is 15.5. The number of nitrogens with one attached hydrogen (secondary N) is 3. The Bertz CT molecular complexity index is 1820. The number of hydrogen-bond donors (Lipinski definition) is 5. The molecule has 1 amide bonds. The van der Waals surface area contributed by atoms with Crippen LogP contribution in [0.15, 0.2) is 85.2 Å². The SMILES string of the molecule is CS(=O)(=O)NC(=O)c1ccc2c(Oc3ccc(C[C@@H](CO)NC[C@H](O)COc4cccc5[nH]ccc45)cc3)ccnc2c1. The number of rotatable bonds is 13. The molecule has 0 saturated heterocycles. The van der Waals surface area contributed by atoms with E-state index in [0.29, 0.717) is 34.6 Å². The summed E-state index contributed by atoms with van der Waals surface area (Å²) in [6.45, 7) is 0.254. The summed E-state index contributed by atoms with van der Waals surface area (Å²) < 4.78 is 36.6. The van der Waals surface area contributed by atoms with E-state index >= 15 is 0 Å². The molecule has 0 aliphatic rings. The number of aromatic amines is 1. The number of benzene rings is 3. The van der Waals surface area contributed by atoms with E-state index in [-0.39, 0.29) is 31.4 Å². The van der Waals surface area contributed by atoms with Crippen LogP contribution in [-0.4, -0.2) is 72.7 Å². The first-order chi connectivity index (χ1) is 20.7. The number of nitrogens with zero attached hydrogens (tertiary/aromatic N) is 1. The van der Waals surface area contributed by atoms with Crippen LogP contribution in [0.4, 0.5) is 0 Å². The van der Waals surface area contributed by atoms with Crippen molar-refractivity contribution in [2.75, 3.05) is 26.0 Å². The molecule has 0 aliphatic heterocycles. The predicted molar refractivity (Wildman–Crippen MR) is 163 cm³/mol. The molecule has 3 aromatic carbocycles. The second-order valence-electron chi connectivity index (χ2n) is 10.1. The van der Waals surface area contributed by atoms with Crippen molar-refractivity contribution < 1.29 is 32.9 Å². The molecule has 43 heavy (non-hydrogen) atoms. The zero-order chi connectivity index (χ0) is 30.4. The van der Waals surface area contributed by atoms with Crippen LogP contribution in [0, 0.1) is 0 Å². The van der Waals surface area contributed by atoms with Crippen LogP contribution in [0.3, 0.4) is 0 Å². The van der Waals surface area contributed by atoms with Crippen LogP contribution >= 0.6 is 0 Å². The normalized spacial score (nSPS) is 13.1. The van der Waals surface area contributed by atoms with Gasteiger partial charge in [-0.3, -0.25) is 9.78 Å². The molecule has 5 aromatic rings. The van der Waals surface area contributed by atoms with Gasteiger partial charge in [0, 0.05) is 46.8 Å². The van der Waals surface area contributed by atoms with Gasteiger partial charge in [0.1, 0.15) is 30.0 Å². The molecule has 11 nitrogen and oxygen atoms in total. The Morgan fingerprint density at radius 1 is 1.02 bits per heavy atom. The highest BCUT2D eigenvalue weighted by Gasteiger charge is 2.15. The highest BCUT2D eigenvalue weighted by atomic mass is 32.2. The molecule has 2 heterocycles. The van der Waals surface area contributed by atoms with Gasteiger partial charge in [-0.05, 0) is 66.6 Å². The first kappa shape index (κ1) is 30.0. The molecule has 2 aromatic heterocycles. The minimum atomic E-state index is -3.69. The third-order valence-corrected chi connectivity index (χ3v) is 7.28. The largest absolute Gasteiger partial charge is 0.490 e. The highest BCUT2D eigenvalue weighted by molar-refractivity contribution is 7.89. The molecule has 0 unspecified atom stereocenters. The van der Waals surface area contributed by atoms with Crippen LogP contribution in [0.5, 0.6) is 17.2 Å². The molecular weight excluding hydrogens is 572 g/mol. The van der Waals surface area contributed by atoms with Crippen molar-refractivity contribution in [1.29, 1.82) is 0 Å². The molecule has 12 heteroatoms. The number of H-pyrrole nitrogens is 1. The van der Waals surface area contributed by atoms with Gasteiger partial charge in [0.25, 0.3) is 5.91 Å². The van der Waals surface area contributed by atoms with Gasteiger partial charge in [-0.2, -0.15) is 0 Å². The van der Waals surface area contributed by atoms with Crippen molar-refractivity contribution in [2.24, 2.45) is 0 Å². The molecular formula is C31H32N4O7S. The van der Waals surface area contributed by atoms with Crippen LogP contribution in [0.1, 0.15) is 15.9 Å². The lowest BCUT2D eigenvalue weighted by molar-refractivity contribution is 0.0981. The number of carbonyl (C=O) groups excluding carboxylic acids is 1. The first-order valence-electron chi connectivity index (χ1n) is 13.6. The number of hydrogen-bond acceptors (Lipinski definition) is 9. The van der Waals surface area contributed by atoms with Crippen LogP contribution in [0.25, 0.3) is 21.8 Å². The Labute approximate surface area is 248 Å². The number of aromatic nitrogens is 2. The van der Waals surface area contributed by atoms with Gasteiger partial charge in [0.2, 0.25) is 10.0 Å². The van der Waals surface area contributed by atoms with E-state index < -0.39 is 22.0 Å². The van der Waals surface area contributed by atoms with Crippen LogP contribution in [0.2, 0.25) is 0 Å². The molecule has 0 radical (unpaired) electrons. The summed E-state index contributed by atoms with van der Waals surface area (Å²) in [5.41, 5.74) is 2.56. The lowest BCUT2D eigenvalue weighted by atomic mass is 10.1.